The Morgan fingerprint density at radius 2 is 1.95 bits per heavy atom. The van der Waals surface area contributed by atoms with E-state index in [1.54, 1.807) is 0 Å². The van der Waals surface area contributed by atoms with Gasteiger partial charge in [-0.2, -0.15) is 5.10 Å². The molecule has 0 saturated carbocycles. The molecular weight excluding hydrogens is 264 g/mol. The van der Waals surface area contributed by atoms with Crippen molar-refractivity contribution in [3.05, 3.63) is 46.8 Å². The molecule has 2 rings (SSSR count). The Hall–Kier alpha value is -1.81. The minimum Gasteiger partial charge on any atom is -0.487 e. The first kappa shape index (κ1) is 15.6. The molecule has 1 heterocycles. The lowest BCUT2D eigenvalue weighted by Crippen LogP contribution is -2.06. The lowest BCUT2D eigenvalue weighted by Gasteiger charge is -2.13. The Balaban J connectivity index is 2.08. The molecule has 1 N–H and O–H groups in total. The smallest absolute Gasteiger partial charge is 0.132 e. The molecule has 1 aromatic carbocycles. The Kier molecular flexibility index (Phi) is 5.02. The number of rotatable bonds is 6. The molecule has 0 aliphatic carbocycles. The zero-order valence-electron chi connectivity index (χ0n) is 13.3. The molecule has 1 unspecified atom stereocenters. The highest BCUT2D eigenvalue weighted by Gasteiger charge is 2.09. The van der Waals surface area contributed by atoms with Gasteiger partial charge in [0.25, 0.3) is 0 Å². The minimum atomic E-state index is 0.0568. The fraction of sp³-hybridized carbons (Fsp3) is 0.471. The molecule has 2 aromatic rings. The predicted octanol–water partition coefficient (Wildman–Crippen LogP) is 3.54. The largest absolute Gasteiger partial charge is 0.487 e. The van der Waals surface area contributed by atoms with E-state index in [-0.39, 0.29) is 6.61 Å². The predicted molar refractivity (Wildman–Crippen MR) is 83.4 cm³/mol. The second kappa shape index (κ2) is 6.76. The zero-order valence-corrected chi connectivity index (χ0v) is 13.3. The number of aryl methyl sites for hydroxylation is 2. The Morgan fingerprint density at radius 1 is 1.29 bits per heavy atom. The standard InChI is InChI=1S/C17H24N2O2/c1-5-14(4)19-7-6-16(18-19)11-21-17-12(2)8-15(10-20)9-13(17)3/h6-9,14,20H,5,10-11H2,1-4H3. The van der Waals surface area contributed by atoms with Crippen molar-refractivity contribution in [2.75, 3.05) is 0 Å². The van der Waals surface area contributed by atoms with Crippen LogP contribution in [0.15, 0.2) is 24.4 Å². The maximum absolute atomic E-state index is 9.21. The van der Waals surface area contributed by atoms with Crippen molar-refractivity contribution in [2.24, 2.45) is 0 Å². The Labute approximate surface area is 126 Å². The van der Waals surface area contributed by atoms with Gasteiger partial charge in [-0.25, -0.2) is 0 Å². The van der Waals surface area contributed by atoms with Crippen LogP contribution < -0.4 is 4.74 Å². The number of nitrogens with zero attached hydrogens (tertiary/aromatic N) is 2. The van der Waals surface area contributed by atoms with Gasteiger partial charge in [-0.05, 0) is 49.9 Å². The number of aliphatic hydroxyl groups excluding tert-OH is 1. The molecular formula is C17H24N2O2. The summed E-state index contributed by atoms with van der Waals surface area (Å²) in [6.07, 6.45) is 3.06. The highest BCUT2D eigenvalue weighted by molar-refractivity contribution is 5.43. The van der Waals surface area contributed by atoms with E-state index in [4.69, 9.17) is 4.74 Å². The summed E-state index contributed by atoms with van der Waals surface area (Å²) in [4.78, 5) is 0. The summed E-state index contributed by atoms with van der Waals surface area (Å²) in [7, 11) is 0. The van der Waals surface area contributed by atoms with Crippen LogP contribution >= 0.6 is 0 Å². The van der Waals surface area contributed by atoms with Gasteiger partial charge in [0.2, 0.25) is 0 Å². The normalized spacial score (nSPS) is 12.4. The van der Waals surface area contributed by atoms with Gasteiger partial charge in [0.15, 0.2) is 0 Å². The number of hydrogen-bond acceptors (Lipinski definition) is 3. The molecule has 1 atom stereocenters. The van der Waals surface area contributed by atoms with Crippen LogP contribution in [0, 0.1) is 13.8 Å². The highest BCUT2D eigenvalue weighted by atomic mass is 16.5. The van der Waals surface area contributed by atoms with Crippen LogP contribution in [0.3, 0.4) is 0 Å². The number of ether oxygens (including phenoxy) is 1. The summed E-state index contributed by atoms with van der Waals surface area (Å²) < 4.78 is 7.90. The lowest BCUT2D eigenvalue weighted by atomic mass is 10.1. The number of aromatic nitrogens is 2. The van der Waals surface area contributed by atoms with Crippen molar-refractivity contribution < 1.29 is 9.84 Å². The highest BCUT2D eigenvalue weighted by Crippen LogP contribution is 2.25. The molecule has 0 aliphatic rings. The van der Waals surface area contributed by atoms with Gasteiger partial charge in [0.05, 0.1) is 12.3 Å². The first-order valence-corrected chi connectivity index (χ1v) is 7.43. The first-order chi connectivity index (χ1) is 10.0. The lowest BCUT2D eigenvalue weighted by molar-refractivity contribution is 0.279. The summed E-state index contributed by atoms with van der Waals surface area (Å²) in [5, 5.41) is 13.8. The molecule has 4 nitrogen and oxygen atoms in total. The number of aliphatic hydroxyl groups is 1. The fourth-order valence-corrected chi connectivity index (χ4v) is 2.39. The molecule has 0 radical (unpaired) electrons. The van der Waals surface area contributed by atoms with Crippen molar-refractivity contribution in [1.82, 2.24) is 9.78 Å². The molecule has 0 saturated heterocycles. The summed E-state index contributed by atoms with van der Waals surface area (Å²) in [5.74, 6) is 0.880. The molecule has 4 heteroatoms. The van der Waals surface area contributed by atoms with Crippen molar-refractivity contribution in [3.63, 3.8) is 0 Å². The van der Waals surface area contributed by atoms with Crippen LogP contribution in [-0.2, 0) is 13.2 Å². The molecule has 0 fully saturated rings. The molecule has 1 aromatic heterocycles. The van der Waals surface area contributed by atoms with Crippen LogP contribution in [-0.4, -0.2) is 14.9 Å². The van der Waals surface area contributed by atoms with Gasteiger partial charge in [-0.3, -0.25) is 4.68 Å². The average molecular weight is 288 g/mol. The Bertz CT molecular complexity index is 582. The van der Waals surface area contributed by atoms with Gasteiger partial charge in [-0.15, -0.1) is 0 Å². The van der Waals surface area contributed by atoms with Gasteiger partial charge >= 0.3 is 0 Å². The van der Waals surface area contributed by atoms with Crippen LogP contribution in [0.25, 0.3) is 0 Å². The number of benzene rings is 1. The van der Waals surface area contributed by atoms with Crippen LogP contribution in [0.1, 0.15) is 48.7 Å². The third-order valence-electron chi connectivity index (χ3n) is 3.77. The van der Waals surface area contributed by atoms with Gasteiger partial charge in [0, 0.05) is 12.2 Å². The van der Waals surface area contributed by atoms with E-state index in [1.807, 2.05) is 42.9 Å². The molecule has 0 bridgehead atoms. The summed E-state index contributed by atoms with van der Waals surface area (Å²) in [6, 6.07) is 6.32. The molecule has 21 heavy (non-hydrogen) atoms. The molecule has 114 valence electrons. The maximum atomic E-state index is 9.21. The quantitative estimate of drug-likeness (QED) is 0.884. The SMILES string of the molecule is CCC(C)n1ccc(COc2c(C)cc(CO)cc2C)n1. The summed E-state index contributed by atoms with van der Waals surface area (Å²) in [5.41, 5.74) is 3.93. The first-order valence-electron chi connectivity index (χ1n) is 7.43. The van der Waals surface area contributed by atoms with Crippen molar-refractivity contribution in [2.45, 2.75) is 53.4 Å². The van der Waals surface area contributed by atoms with E-state index in [9.17, 15) is 5.11 Å². The maximum Gasteiger partial charge on any atom is 0.132 e. The molecule has 0 aliphatic heterocycles. The van der Waals surface area contributed by atoms with Gasteiger partial charge < -0.3 is 9.84 Å². The van der Waals surface area contributed by atoms with E-state index < -0.39 is 0 Å². The van der Waals surface area contributed by atoms with E-state index in [2.05, 4.69) is 18.9 Å². The van der Waals surface area contributed by atoms with Crippen molar-refractivity contribution in [3.8, 4) is 5.75 Å². The van der Waals surface area contributed by atoms with Gasteiger partial charge in [0.1, 0.15) is 12.4 Å². The van der Waals surface area contributed by atoms with Crippen LogP contribution in [0.5, 0.6) is 5.75 Å². The Morgan fingerprint density at radius 3 is 2.52 bits per heavy atom. The van der Waals surface area contributed by atoms with Gasteiger partial charge in [-0.1, -0.05) is 19.1 Å². The number of hydrogen-bond donors (Lipinski definition) is 1. The third-order valence-corrected chi connectivity index (χ3v) is 3.77. The topological polar surface area (TPSA) is 47.3 Å². The van der Waals surface area contributed by atoms with E-state index >= 15 is 0 Å². The summed E-state index contributed by atoms with van der Waals surface area (Å²) in [6.45, 7) is 8.82. The zero-order chi connectivity index (χ0) is 15.4. The second-order valence-corrected chi connectivity index (χ2v) is 5.55. The van der Waals surface area contributed by atoms with E-state index in [0.29, 0.717) is 12.6 Å². The molecule has 0 amide bonds. The van der Waals surface area contributed by atoms with Crippen LogP contribution in [0.2, 0.25) is 0 Å². The van der Waals surface area contributed by atoms with E-state index in [0.717, 1.165) is 34.6 Å². The monoisotopic (exact) mass is 288 g/mol. The van der Waals surface area contributed by atoms with E-state index in [1.165, 1.54) is 0 Å². The minimum absolute atomic E-state index is 0.0568. The average Bonchev–Trinajstić information content (AvgIpc) is 2.94. The molecule has 0 spiro atoms. The van der Waals surface area contributed by atoms with Crippen molar-refractivity contribution in [1.29, 1.82) is 0 Å². The fourth-order valence-electron chi connectivity index (χ4n) is 2.39. The second-order valence-electron chi connectivity index (χ2n) is 5.55. The van der Waals surface area contributed by atoms with Crippen molar-refractivity contribution >= 4 is 0 Å². The van der Waals surface area contributed by atoms with Crippen LogP contribution in [0.4, 0.5) is 0 Å². The summed E-state index contributed by atoms with van der Waals surface area (Å²) >= 11 is 0. The third kappa shape index (κ3) is 3.64.